The maximum absolute atomic E-state index is 6.12. The van der Waals surface area contributed by atoms with Gasteiger partial charge >= 0.3 is 0 Å². The van der Waals surface area contributed by atoms with Crippen molar-refractivity contribution in [2.24, 2.45) is 5.73 Å². The first-order valence-electron chi connectivity index (χ1n) is 5.54. The highest BCUT2D eigenvalue weighted by Gasteiger charge is 2.24. The van der Waals surface area contributed by atoms with E-state index in [9.17, 15) is 0 Å². The van der Waals surface area contributed by atoms with E-state index in [0.29, 0.717) is 0 Å². The molecule has 76 valence electrons. The lowest BCUT2D eigenvalue weighted by Gasteiger charge is -2.30. The van der Waals surface area contributed by atoms with Crippen molar-refractivity contribution in [3.05, 3.63) is 34.9 Å². The highest BCUT2D eigenvalue weighted by Crippen LogP contribution is 2.37. The van der Waals surface area contributed by atoms with E-state index >= 15 is 0 Å². The molecule has 0 saturated heterocycles. The normalized spacial score (nSPS) is 27.0. The number of rotatable bonds is 1. The summed E-state index contributed by atoms with van der Waals surface area (Å²) < 4.78 is 0. The Morgan fingerprint density at radius 2 is 2.29 bits per heavy atom. The monoisotopic (exact) mass is 189 g/mol. The summed E-state index contributed by atoms with van der Waals surface area (Å²) in [5.41, 5.74) is 11.8. The summed E-state index contributed by atoms with van der Waals surface area (Å²) in [6.45, 7) is 6.19. The molecule has 1 atom stereocenters. The number of fused-ring (bicyclic) bond motifs is 1. The Kier molecular flexibility index (Phi) is 2.60. The Hall–Kier alpha value is -0.820. The maximum Gasteiger partial charge on any atom is 0.0294 e. The van der Waals surface area contributed by atoms with Gasteiger partial charge in [0.1, 0.15) is 0 Å². The van der Waals surface area contributed by atoms with Crippen molar-refractivity contribution < 1.29 is 0 Å². The average molecular weight is 189 g/mol. The number of nitrogens with two attached hydrogens (primary N) is 1. The van der Waals surface area contributed by atoms with Crippen molar-refractivity contribution in [1.29, 1.82) is 0 Å². The van der Waals surface area contributed by atoms with Crippen LogP contribution in [-0.2, 0) is 0 Å². The van der Waals surface area contributed by atoms with Gasteiger partial charge in [0, 0.05) is 6.04 Å². The van der Waals surface area contributed by atoms with E-state index in [1.54, 1.807) is 0 Å². The third-order valence-electron chi connectivity index (χ3n) is 3.33. The van der Waals surface area contributed by atoms with Crippen LogP contribution < -0.4 is 5.73 Å². The van der Waals surface area contributed by atoms with Crippen LogP contribution in [0.4, 0.5) is 0 Å². The molecule has 0 radical (unpaired) electrons. The molecule has 0 amide bonds. The lowest BCUT2D eigenvalue weighted by Crippen LogP contribution is -2.29. The molecule has 2 aliphatic carbocycles. The van der Waals surface area contributed by atoms with Crippen molar-refractivity contribution in [3.63, 3.8) is 0 Å². The second-order valence-electron chi connectivity index (χ2n) is 4.43. The first-order valence-corrected chi connectivity index (χ1v) is 5.54. The largest absolute Gasteiger partial charge is 0.324 e. The molecule has 1 fully saturated rings. The molecule has 0 heterocycles. The molecule has 0 aromatic heterocycles. The highest BCUT2D eigenvalue weighted by atomic mass is 14.6. The van der Waals surface area contributed by atoms with Crippen LogP contribution in [0.25, 0.3) is 0 Å². The van der Waals surface area contributed by atoms with E-state index in [4.69, 9.17) is 5.73 Å². The third kappa shape index (κ3) is 1.57. The van der Waals surface area contributed by atoms with Gasteiger partial charge in [0.2, 0.25) is 0 Å². The molecule has 0 bridgehead atoms. The Morgan fingerprint density at radius 3 is 3.00 bits per heavy atom. The van der Waals surface area contributed by atoms with Gasteiger partial charge in [-0.15, -0.1) is 0 Å². The van der Waals surface area contributed by atoms with Crippen LogP contribution in [0.2, 0.25) is 0 Å². The van der Waals surface area contributed by atoms with Gasteiger partial charge in [-0.25, -0.2) is 0 Å². The molecule has 1 saturated carbocycles. The molecular weight excluding hydrogens is 170 g/mol. The summed E-state index contributed by atoms with van der Waals surface area (Å²) in [5.74, 6) is 0. The number of hydrogen-bond acceptors (Lipinski definition) is 1. The molecule has 1 unspecified atom stereocenters. The first-order chi connectivity index (χ1) is 6.70. The summed E-state index contributed by atoms with van der Waals surface area (Å²) in [6, 6.07) is 0.286. The Morgan fingerprint density at radius 1 is 1.50 bits per heavy atom. The lowest BCUT2D eigenvalue weighted by molar-refractivity contribution is 0.585. The molecule has 2 aliphatic rings. The molecule has 1 nitrogen and oxygen atoms in total. The second-order valence-corrected chi connectivity index (χ2v) is 4.43. The Bertz CT molecular complexity index is 320. The minimum atomic E-state index is 0.286. The van der Waals surface area contributed by atoms with Gasteiger partial charge in [0.15, 0.2) is 0 Å². The van der Waals surface area contributed by atoms with Gasteiger partial charge in [0.05, 0.1) is 0 Å². The SMILES string of the molecule is C=C(C)C1=C2CCCC(N)C2=CCC1. The fraction of sp³-hybridized carbons (Fsp3) is 0.538. The predicted octanol–water partition coefficient (Wildman–Crippen LogP) is 3.09. The predicted molar refractivity (Wildman–Crippen MR) is 61.0 cm³/mol. The highest BCUT2D eigenvalue weighted by molar-refractivity contribution is 5.49. The van der Waals surface area contributed by atoms with E-state index in [-0.39, 0.29) is 6.04 Å². The second kappa shape index (κ2) is 3.74. The van der Waals surface area contributed by atoms with Crippen LogP contribution in [0.5, 0.6) is 0 Å². The van der Waals surface area contributed by atoms with Crippen LogP contribution in [-0.4, -0.2) is 6.04 Å². The maximum atomic E-state index is 6.12. The van der Waals surface area contributed by atoms with Crippen LogP contribution in [0.15, 0.2) is 34.9 Å². The Balaban J connectivity index is 2.39. The van der Waals surface area contributed by atoms with Crippen LogP contribution in [0.1, 0.15) is 39.0 Å². The van der Waals surface area contributed by atoms with Gasteiger partial charge in [-0.1, -0.05) is 18.2 Å². The van der Waals surface area contributed by atoms with E-state index in [1.807, 2.05) is 0 Å². The van der Waals surface area contributed by atoms with Crippen LogP contribution >= 0.6 is 0 Å². The minimum Gasteiger partial charge on any atom is -0.324 e. The smallest absolute Gasteiger partial charge is 0.0294 e. The molecule has 14 heavy (non-hydrogen) atoms. The van der Waals surface area contributed by atoms with Crippen molar-refractivity contribution in [3.8, 4) is 0 Å². The fourth-order valence-corrected chi connectivity index (χ4v) is 2.62. The summed E-state index contributed by atoms with van der Waals surface area (Å²) in [7, 11) is 0. The molecule has 0 aromatic carbocycles. The fourth-order valence-electron chi connectivity index (χ4n) is 2.62. The van der Waals surface area contributed by atoms with Crippen molar-refractivity contribution in [1.82, 2.24) is 0 Å². The van der Waals surface area contributed by atoms with E-state index < -0.39 is 0 Å². The lowest BCUT2D eigenvalue weighted by atomic mass is 9.77. The van der Waals surface area contributed by atoms with Gasteiger partial charge in [-0.05, 0) is 55.7 Å². The quantitative estimate of drug-likeness (QED) is 0.674. The summed E-state index contributed by atoms with van der Waals surface area (Å²) in [4.78, 5) is 0. The molecule has 0 aliphatic heterocycles. The topological polar surface area (TPSA) is 26.0 Å². The van der Waals surface area contributed by atoms with Gasteiger partial charge in [-0.3, -0.25) is 0 Å². The third-order valence-corrected chi connectivity index (χ3v) is 3.33. The number of hydrogen-bond donors (Lipinski definition) is 1. The zero-order chi connectivity index (χ0) is 10.1. The van der Waals surface area contributed by atoms with Crippen molar-refractivity contribution in [2.45, 2.75) is 45.1 Å². The molecule has 0 spiro atoms. The molecule has 0 aromatic rings. The van der Waals surface area contributed by atoms with Gasteiger partial charge in [-0.2, -0.15) is 0 Å². The van der Waals surface area contributed by atoms with E-state index in [1.165, 1.54) is 41.6 Å². The zero-order valence-electron chi connectivity index (χ0n) is 8.97. The summed E-state index contributed by atoms with van der Waals surface area (Å²) in [6.07, 6.45) is 8.26. The van der Waals surface area contributed by atoms with Crippen molar-refractivity contribution >= 4 is 0 Å². The summed E-state index contributed by atoms with van der Waals surface area (Å²) in [5, 5.41) is 0. The van der Waals surface area contributed by atoms with Crippen LogP contribution in [0.3, 0.4) is 0 Å². The average Bonchev–Trinajstić information content (AvgIpc) is 2.17. The van der Waals surface area contributed by atoms with Gasteiger partial charge in [0.25, 0.3) is 0 Å². The Labute approximate surface area is 86.4 Å². The van der Waals surface area contributed by atoms with Crippen molar-refractivity contribution in [2.75, 3.05) is 0 Å². The van der Waals surface area contributed by atoms with Gasteiger partial charge < -0.3 is 5.73 Å². The molecule has 1 heteroatoms. The molecule has 2 rings (SSSR count). The van der Waals surface area contributed by atoms with E-state index in [0.717, 1.165) is 12.8 Å². The molecular formula is C13H19N. The first kappa shape index (κ1) is 9.72. The standard InChI is InChI=1S/C13H19N/c1-9(2)10-5-3-7-12-11(10)6-4-8-13(12)14/h7,13H,1,3-6,8,14H2,2H3. The molecule has 2 N–H and O–H groups in total. The van der Waals surface area contributed by atoms with Crippen LogP contribution in [0, 0.1) is 0 Å². The van der Waals surface area contributed by atoms with E-state index in [2.05, 4.69) is 19.6 Å². The minimum absolute atomic E-state index is 0.286. The number of allylic oxidation sites excluding steroid dienone is 3. The summed E-state index contributed by atoms with van der Waals surface area (Å²) >= 11 is 0. The zero-order valence-corrected chi connectivity index (χ0v) is 8.97.